The van der Waals surface area contributed by atoms with Crippen LogP contribution in [0.4, 0.5) is 5.69 Å². The lowest BCUT2D eigenvalue weighted by molar-refractivity contribution is -0.384. The van der Waals surface area contributed by atoms with Crippen LogP contribution in [0.5, 0.6) is 0 Å². The fourth-order valence-corrected chi connectivity index (χ4v) is 2.45. The quantitative estimate of drug-likeness (QED) is 0.350. The van der Waals surface area contributed by atoms with Gasteiger partial charge in [0.25, 0.3) is 5.69 Å². The highest BCUT2D eigenvalue weighted by Gasteiger charge is 2.15. The van der Waals surface area contributed by atoms with Crippen molar-refractivity contribution < 1.29 is 14.5 Å². The second-order valence-corrected chi connectivity index (χ2v) is 5.47. The molecule has 0 aromatic heterocycles. The van der Waals surface area contributed by atoms with Gasteiger partial charge in [0.05, 0.1) is 18.1 Å². The average molecular weight is 337 g/mol. The van der Waals surface area contributed by atoms with Crippen molar-refractivity contribution in [3.05, 3.63) is 39.9 Å². The van der Waals surface area contributed by atoms with Gasteiger partial charge in [0.1, 0.15) is 0 Å². The molecule has 0 saturated heterocycles. The molecule has 0 N–H and O–H groups in total. The summed E-state index contributed by atoms with van der Waals surface area (Å²) in [6, 6.07) is 6.52. The number of benzene rings is 1. The van der Waals surface area contributed by atoms with E-state index in [1.807, 2.05) is 11.0 Å². The third-order valence-corrected chi connectivity index (χ3v) is 3.81. The molecule has 0 unspecified atom stereocenters. The smallest absolute Gasteiger partial charge is 0.320 e. The minimum absolute atomic E-state index is 0.0623. The van der Waals surface area contributed by atoms with Crippen molar-refractivity contribution in [1.82, 2.24) is 9.80 Å². The van der Waals surface area contributed by atoms with Gasteiger partial charge in [-0.25, -0.2) is 0 Å². The maximum atomic E-state index is 11.8. The molecular formula is C17H27N3O4. The summed E-state index contributed by atoms with van der Waals surface area (Å²) in [7, 11) is 0. The number of carbonyl (C=O) groups is 1. The number of rotatable bonds is 11. The van der Waals surface area contributed by atoms with Gasteiger partial charge < -0.3 is 9.64 Å². The van der Waals surface area contributed by atoms with Gasteiger partial charge in [-0.3, -0.25) is 19.8 Å². The molecule has 7 heteroatoms. The Labute approximate surface area is 143 Å². The van der Waals surface area contributed by atoms with Gasteiger partial charge in [-0.05, 0) is 25.6 Å². The molecule has 1 rings (SSSR count). The predicted octanol–water partition coefficient (Wildman–Crippen LogP) is 2.30. The van der Waals surface area contributed by atoms with Gasteiger partial charge in [-0.2, -0.15) is 0 Å². The highest BCUT2D eigenvalue weighted by atomic mass is 16.6. The van der Waals surface area contributed by atoms with Gasteiger partial charge in [-0.15, -0.1) is 0 Å². The number of nitro groups is 1. The molecule has 1 aromatic rings. The number of nitrogens with zero attached hydrogens (tertiary/aromatic N) is 3. The SMILES string of the molecule is CCOC(=O)CN(CCN(CC)CC)Cc1cccc([N+](=O)[O-])c1. The molecule has 0 heterocycles. The van der Waals surface area contributed by atoms with Crippen LogP contribution in [0.1, 0.15) is 26.3 Å². The summed E-state index contributed by atoms with van der Waals surface area (Å²) in [6.45, 7) is 10.4. The summed E-state index contributed by atoms with van der Waals surface area (Å²) < 4.78 is 5.03. The molecule has 0 bridgehead atoms. The fourth-order valence-electron chi connectivity index (χ4n) is 2.45. The Morgan fingerprint density at radius 1 is 1.17 bits per heavy atom. The zero-order chi connectivity index (χ0) is 17.9. The minimum Gasteiger partial charge on any atom is -0.465 e. The number of likely N-dealkylation sites (N-methyl/N-ethyl adjacent to an activating group) is 1. The summed E-state index contributed by atoms with van der Waals surface area (Å²) in [5.41, 5.74) is 0.875. The zero-order valence-corrected chi connectivity index (χ0v) is 14.7. The zero-order valence-electron chi connectivity index (χ0n) is 14.7. The van der Waals surface area contributed by atoms with Crippen LogP contribution < -0.4 is 0 Å². The number of hydrogen-bond donors (Lipinski definition) is 0. The molecule has 0 aliphatic heterocycles. The number of carbonyl (C=O) groups excluding carboxylic acids is 1. The molecule has 0 aliphatic rings. The van der Waals surface area contributed by atoms with Crippen molar-refractivity contribution in [2.24, 2.45) is 0 Å². The largest absolute Gasteiger partial charge is 0.465 e. The Hall–Kier alpha value is -1.99. The Kier molecular flexibility index (Phi) is 8.96. The molecule has 7 nitrogen and oxygen atoms in total. The van der Waals surface area contributed by atoms with Crippen LogP contribution in [-0.4, -0.2) is 60.0 Å². The standard InChI is InChI=1S/C17H27N3O4/c1-4-18(5-2)10-11-19(14-17(21)24-6-3)13-15-8-7-9-16(12-15)20(22)23/h7-9,12H,4-6,10-11,13-14H2,1-3H3. The van der Waals surface area contributed by atoms with E-state index in [4.69, 9.17) is 4.74 Å². The lowest BCUT2D eigenvalue weighted by Crippen LogP contribution is -2.38. The first-order valence-corrected chi connectivity index (χ1v) is 8.33. The van der Waals surface area contributed by atoms with Crippen LogP contribution in [0.3, 0.4) is 0 Å². The van der Waals surface area contributed by atoms with E-state index < -0.39 is 4.92 Å². The van der Waals surface area contributed by atoms with Gasteiger partial charge in [0.15, 0.2) is 0 Å². The minimum atomic E-state index is -0.408. The molecule has 134 valence electrons. The molecule has 0 saturated carbocycles. The van der Waals surface area contributed by atoms with Gasteiger partial charge in [-0.1, -0.05) is 26.0 Å². The van der Waals surface area contributed by atoms with Crippen LogP contribution in [0.15, 0.2) is 24.3 Å². The monoisotopic (exact) mass is 337 g/mol. The highest BCUT2D eigenvalue weighted by Crippen LogP contribution is 2.15. The maximum absolute atomic E-state index is 11.8. The van der Waals surface area contributed by atoms with Gasteiger partial charge in [0.2, 0.25) is 0 Å². The van der Waals surface area contributed by atoms with E-state index in [9.17, 15) is 14.9 Å². The Balaban J connectivity index is 2.77. The molecule has 1 aromatic carbocycles. The highest BCUT2D eigenvalue weighted by molar-refractivity contribution is 5.71. The third-order valence-electron chi connectivity index (χ3n) is 3.81. The Bertz CT molecular complexity index is 532. The first-order chi connectivity index (χ1) is 11.5. The van der Waals surface area contributed by atoms with E-state index in [-0.39, 0.29) is 18.2 Å². The molecule has 0 amide bonds. The van der Waals surface area contributed by atoms with Crippen molar-refractivity contribution in [2.45, 2.75) is 27.3 Å². The van der Waals surface area contributed by atoms with E-state index >= 15 is 0 Å². The molecule has 0 fully saturated rings. The molecular weight excluding hydrogens is 310 g/mol. The molecule has 0 radical (unpaired) electrons. The first-order valence-electron chi connectivity index (χ1n) is 8.33. The van der Waals surface area contributed by atoms with Crippen molar-refractivity contribution in [3.63, 3.8) is 0 Å². The van der Waals surface area contributed by atoms with E-state index in [0.717, 1.165) is 25.2 Å². The normalized spacial score (nSPS) is 11.0. The number of esters is 1. The van der Waals surface area contributed by atoms with Crippen LogP contribution in [0.25, 0.3) is 0 Å². The maximum Gasteiger partial charge on any atom is 0.320 e. The van der Waals surface area contributed by atoms with Crippen LogP contribution in [0.2, 0.25) is 0 Å². The number of ether oxygens (including phenoxy) is 1. The fraction of sp³-hybridized carbons (Fsp3) is 0.588. The van der Waals surface area contributed by atoms with Crippen LogP contribution in [0, 0.1) is 10.1 Å². The summed E-state index contributed by atoms with van der Waals surface area (Å²) in [5.74, 6) is -0.275. The lowest BCUT2D eigenvalue weighted by atomic mass is 10.2. The summed E-state index contributed by atoms with van der Waals surface area (Å²) in [4.78, 5) is 26.6. The Morgan fingerprint density at radius 3 is 2.42 bits per heavy atom. The van der Waals surface area contributed by atoms with Crippen LogP contribution in [-0.2, 0) is 16.1 Å². The number of hydrogen-bond acceptors (Lipinski definition) is 6. The van der Waals surface area contributed by atoms with E-state index in [2.05, 4.69) is 18.7 Å². The van der Waals surface area contributed by atoms with E-state index in [1.165, 1.54) is 6.07 Å². The van der Waals surface area contributed by atoms with Crippen molar-refractivity contribution >= 4 is 11.7 Å². The second kappa shape index (κ2) is 10.7. The van der Waals surface area contributed by atoms with Crippen molar-refractivity contribution in [1.29, 1.82) is 0 Å². The Morgan fingerprint density at radius 2 is 1.83 bits per heavy atom. The van der Waals surface area contributed by atoms with Gasteiger partial charge >= 0.3 is 5.97 Å². The van der Waals surface area contributed by atoms with Crippen molar-refractivity contribution in [2.75, 3.05) is 39.3 Å². The third kappa shape index (κ3) is 7.06. The molecule has 0 aliphatic carbocycles. The number of nitro benzene ring substituents is 1. The summed E-state index contributed by atoms with van der Waals surface area (Å²) >= 11 is 0. The second-order valence-electron chi connectivity index (χ2n) is 5.47. The summed E-state index contributed by atoms with van der Waals surface area (Å²) in [5, 5.41) is 10.9. The molecule has 0 atom stereocenters. The molecule has 0 spiro atoms. The predicted molar refractivity (Wildman–Crippen MR) is 92.8 cm³/mol. The molecule has 24 heavy (non-hydrogen) atoms. The topological polar surface area (TPSA) is 75.9 Å². The van der Waals surface area contributed by atoms with E-state index in [0.29, 0.717) is 19.7 Å². The van der Waals surface area contributed by atoms with Gasteiger partial charge in [0, 0.05) is 31.8 Å². The van der Waals surface area contributed by atoms with E-state index in [1.54, 1.807) is 19.1 Å². The first kappa shape index (κ1) is 20.1. The van der Waals surface area contributed by atoms with Crippen molar-refractivity contribution in [3.8, 4) is 0 Å². The number of non-ortho nitro benzene ring substituents is 1. The average Bonchev–Trinajstić information content (AvgIpc) is 2.56. The summed E-state index contributed by atoms with van der Waals surface area (Å²) in [6.07, 6.45) is 0. The lowest BCUT2D eigenvalue weighted by Gasteiger charge is -2.25. The van der Waals surface area contributed by atoms with Crippen LogP contribution >= 0.6 is 0 Å².